The summed E-state index contributed by atoms with van der Waals surface area (Å²) < 4.78 is 0. The van der Waals surface area contributed by atoms with E-state index in [0.717, 1.165) is 5.56 Å². The fourth-order valence-electron chi connectivity index (χ4n) is 1.52. The molecule has 0 heterocycles. The molecule has 0 fully saturated rings. The Hall–Kier alpha value is -1.55. The summed E-state index contributed by atoms with van der Waals surface area (Å²) in [6.07, 6.45) is 0.214. The first-order valence-electron chi connectivity index (χ1n) is 5.12. The maximum Gasteiger partial charge on any atom is 0.329 e. The van der Waals surface area contributed by atoms with Crippen molar-refractivity contribution in [1.82, 2.24) is 5.32 Å². The molecule has 92 valence electrons. The van der Waals surface area contributed by atoms with Gasteiger partial charge in [-0.25, -0.2) is 4.79 Å². The van der Waals surface area contributed by atoms with E-state index < -0.39 is 17.4 Å². The van der Waals surface area contributed by atoms with Gasteiger partial charge in [0.05, 0.1) is 0 Å². The minimum atomic E-state index is -1.34. The predicted octanol–water partition coefficient (Wildman–Crippen LogP) is 1.43. The second-order valence-electron chi connectivity index (χ2n) is 3.98. The van der Waals surface area contributed by atoms with E-state index in [1.807, 2.05) is 30.3 Å². The summed E-state index contributed by atoms with van der Waals surface area (Å²) >= 11 is 5.36. The molecule has 0 unspecified atom stereocenters. The molecule has 2 N–H and O–H groups in total. The van der Waals surface area contributed by atoms with Crippen molar-refractivity contribution in [2.45, 2.75) is 18.9 Å². The Kier molecular flexibility index (Phi) is 4.52. The van der Waals surface area contributed by atoms with Crippen molar-refractivity contribution in [2.75, 3.05) is 5.88 Å². The van der Waals surface area contributed by atoms with Crippen LogP contribution < -0.4 is 5.32 Å². The molecule has 1 amide bonds. The third-order valence-corrected chi connectivity index (χ3v) is 2.65. The van der Waals surface area contributed by atoms with Crippen LogP contribution in [0.3, 0.4) is 0 Å². The Labute approximate surface area is 105 Å². The van der Waals surface area contributed by atoms with Crippen LogP contribution in [-0.4, -0.2) is 28.4 Å². The molecule has 0 aliphatic heterocycles. The summed E-state index contributed by atoms with van der Waals surface area (Å²) in [7, 11) is 0. The smallest absolute Gasteiger partial charge is 0.329 e. The molecule has 0 aliphatic carbocycles. The van der Waals surface area contributed by atoms with E-state index in [4.69, 9.17) is 11.6 Å². The first-order chi connectivity index (χ1) is 7.98. The summed E-state index contributed by atoms with van der Waals surface area (Å²) in [6.45, 7) is 1.47. The van der Waals surface area contributed by atoms with Gasteiger partial charge in [0.25, 0.3) is 0 Å². The topological polar surface area (TPSA) is 66.4 Å². The van der Waals surface area contributed by atoms with Gasteiger partial charge in [-0.05, 0) is 12.5 Å². The van der Waals surface area contributed by atoms with E-state index in [-0.39, 0.29) is 12.3 Å². The van der Waals surface area contributed by atoms with E-state index in [1.165, 1.54) is 6.92 Å². The highest BCUT2D eigenvalue weighted by Crippen LogP contribution is 2.13. The molecule has 1 aromatic carbocycles. The molecule has 5 heteroatoms. The SMILES string of the molecule is C[C@](Cc1ccccc1)(NC(=O)CCl)C(=O)O. The maximum atomic E-state index is 11.2. The van der Waals surface area contributed by atoms with E-state index in [9.17, 15) is 14.7 Å². The van der Waals surface area contributed by atoms with Gasteiger partial charge in [0, 0.05) is 6.42 Å². The molecule has 0 spiro atoms. The number of aliphatic carboxylic acids is 1. The van der Waals surface area contributed by atoms with Gasteiger partial charge in [0.2, 0.25) is 5.91 Å². The van der Waals surface area contributed by atoms with Crippen LogP contribution in [0, 0.1) is 0 Å². The van der Waals surface area contributed by atoms with E-state index in [1.54, 1.807) is 0 Å². The molecule has 4 nitrogen and oxygen atoms in total. The Morgan fingerprint density at radius 3 is 2.41 bits per heavy atom. The number of halogens is 1. The Bertz CT molecular complexity index is 407. The number of carboxylic acids is 1. The molecule has 0 saturated carbocycles. The molecule has 0 saturated heterocycles. The Morgan fingerprint density at radius 2 is 1.94 bits per heavy atom. The fourth-order valence-corrected chi connectivity index (χ4v) is 1.59. The van der Waals surface area contributed by atoms with Crippen molar-refractivity contribution >= 4 is 23.5 Å². The lowest BCUT2D eigenvalue weighted by Crippen LogP contribution is -2.54. The van der Waals surface area contributed by atoms with Crippen LogP contribution >= 0.6 is 11.6 Å². The van der Waals surface area contributed by atoms with Crippen molar-refractivity contribution in [3.8, 4) is 0 Å². The molecule has 0 aliphatic rings. The van der Waals surface area contributed by atoms with Crippen molar-refractivity contribution in [3.63, 3.8) is 0 Å². The quantitative estimate of drug-likeness (QED) is 0.782. The lowest BCUT2D eigenvalue weighted by atomic mass is 9.93. The zero-order chi connectivity index (χ0) is 12.9. The highest BCUT2D eigenvalue weighted by Gasteiger charge is 2.34. The molecule has 0 aromatic heterocycles. The van der Waals surface area contributed by atoms with Gasteiger partial charge in [-0.3, -0.25) is 4.79 Å². The Balaban J connectivity index is 2.86. The lowest BCUT2D eigenvalue weighted by Gasteiger charge is -2.26. The number of carbonyl (C=O) groups is 2. The van der Waals surface area contributed by atoms with Crippen LogP contribution in [0.15, 0.2) is 30.3 Å². The first-order valence-corrected chi connectivity index (χ1v) is 5.65. The molecule has 17 heavy (non-hydrogen) atoms. The number of hydrogen-bond acceptors (Lipinski definition) is 2. The van der Waals surface area contributed by atoms with Crippen LogP contribution in [0.4, 0.5) is 0 Å². The fraction of sp³-hybridized carbons (Fsp3) is 0.333. The largest absolute Gasteiger partial charge is 0.480 e. The summed E-state index contributed by atoms with van der Waals surface area (Å²) in [5.41, 5.74) is -0.500. The van der Waals surface area contributed by atoms with E-state index >= 15 is 0 Å². The highest BCUT2D eigenvalue weighted by molar-refractivity contribution is 6.27. The zero-order valence-electron chi connectivity index (χ0n) is 9.44. The molecule has 1 atom stereocenters. The van der Waals surface area contributed by atoms with Crippen LogP contribution in [-0.2, 0) is 16.0 Å². The molecule has 0 radical (unpaired) electrons. The number of benzene rings is 1. The van der Waals surface area contributed by atoms with Gasteiger partial charge in [-0.2, -0.15) is 0 Å². The first kappa shape index (κ1) is 13.5. The van der Waals surface area contributed by atoms with Gasteiger partial charge in [0.15, 0.2) is 0 Å². The van der Waals surface area contributed by atoms with Gasteiger partial charge in [-0.1, -0.05) is 30.3 Å². The second kappa shape index (κ2) is 5.68. The van der Waals surface area contributed by atoms with Crippen molar-refractivity contribution in [1.29, 1.82) is 0 Å². The van der Waals surface area contributed by atoms with Crippen LogP contribution in [0.2, 0.25) is 0 Å². The van der Waals surface area contributed by atoms with Crippen LogP contribution in [0.5, 0.6) is 0 Å². The van der Waals surface area contributed by atoms with Crippen molar-refractivity contribution in [3.05, 3.63) is 35.9 Å². The maximum absolute atomic E-state index is 11.2. The van der Waals surface area contributed by atoms with Gasteiger partial charge < -0.3 is 10.4 Å². The van der Waals surface area contributed by atoms with E-state index in [2.05, 4.69) is 5.32 Å². The van der Waals surface area contributed by atoms with Crippen LogP contribution in [0.25, 0.3) is 0 Å². The van der Waals surface area contributed by atoms with E-state index in [0.29, 0.717) is 0 Å². The monoisotopic (exact) mass is 255 g/mol. The van der Waals surface area contributed by atoms with Gasteiger partial charge >= 0.3 is 5.97 Å². The number of carbonyl (C=O) groups excluding carboxylic acids is 1. The summed E-state index contributed by atoms with van der Waals surface area (Å²) in [4.78, 5) is 22.4. The molecular weight excluding hydrogens is 242 g/mol. The normalized spacial score (nSPS) is 13.8. The van der Waals surface area contributed by atoms with Gasteiger partial charge in [-0.15, -0.1) is 11.6 Å². The number of hydrogen-bond donors (Lipinski definition) is 2. The molecule has 0 bridgehead atoms. The molecule has 1 aromatic rings. The number of nitrogens with one attached hydrogen (secondary N) is 1. The van der Waals surface area contributed by atoms with Crippen LogP contribution in [0.1, 0.15) is 12.5 Å². The third-order valence-electron chi connectivity index (χ3n) is 2.41. The average molecular weight is 256 g/mol. The number of amides is 1. The zero-order valence-corrected chi connectivity index (χ0v) is 10.2. The Morgan fingerprint density at radius 1 is 1.35 bits per heavy atom. The third kappa shape index (κ3) is 3.75. The summed E-state index contributed by atoms with van der Waals surface area (Å²) in [6, 6.07) is 9.11. The molecular formula is C12H14ClNO3. The molecule has 1 rings (SSSR count). The highest BCUT2D eigenvalue weighted by atomic mass is 35.5. The second-order valence-corrected chi connectivity index (χ2v) is 4.25. The minimum Gasteiger partial charge on any atom is -0.480 e. The summed E-state index contributed by atoms with van der Waals surface area (Å²) in [5.74, 6) is -1.83. The van der Waals surface area contributed by atoms with Crippen molar-refractivity contribution in [2.24, 2.45) is 0 Å². The number of rotatable bonds is 5. The standard InChI is InChI=1S/C12H14ClNO3/c1-12(11(16)17,14-10(15)8-13)7-9-5-3-2-4-6-9/h2-6H,7-8H2,1H3,(H,14,15)(H,16,17)/t12-/m1/s1. The summed E-state index contributed by atoms with van der Waals surface area (Å²) in [5, 5.41) is 11.6. The average Bonchev–Trinajstić information content (AvgIpc) is 2.29. The van der Waals surface area contributed by atoms with Gasteiger partial charge in [0.1, 0.15) is 11.4 Å². The van der Waals surface area contributed by atoms with Crippen molar-refractivity contribution < 1.29 is 14.7 Å². The predicted molar refractivity (Wildman–Crippen MR) is 65.0 cm³/mol. The number of alkyl halides is 1. The minimum absolute atomic E-state index is 0.214. The lowest BCUT2D eigenvalue weighted by molar-refractivity contribution is -0.146. The number of carboxylic acid groups (broad SMARTS) is 1.